The number of carbonyl (C=O) groups excluding carboxylic acids is 1. The number of hydrogen-bond acceptors (Lipinski definition) is 3. The third kappa shape index (κ3) is 4.81. The second-order valence-corrected chi connectivity index (χ2v) is 6.00. The van der Waals surface area contributed by atoms with E-state index in [0.29, 0.717) is 12.5 Å². The Hall–Kier alpha value is -1.42. The Bertz CT molecular complexity index is 461. The van der Waals surface area contributed by atoms with Gasteiger partial charge in [0, 0.05) is 18.7 Å². The summed E-state index contributed by atoms with van der Waals surface area (Å²) in [5, 5.41) is 2.98. The number of amides is 1. The predicted octanol–water partition coefficient (Wildman–Crippen LogP) is 3.76. The van der Waals surface area contributed by atoms with Gasteiger partial charge in [-0.2, -0.15) is 0 Å². The third-order valence-corrected chi connectivity index (χ3v) is 4.21. The molecule has 2 heterocycles. The first-order chi connectivity index (χ1) is 10.2. The van der Waals surface area contributed by atoms with Crippen molar-refractivity contribution in [1.82, 2.24) is 9.88 Å². The van der Waals surface area contributed by atoms with Crippen LogP contribution < -0.4 is 5.32 Å². The normalized spacial score (nSPS) is 18.9. The average molecular weight is 289 g/mol. The highest BCUT2D eigenvalue weighted by molar-refractivity contribution is 5.90. The lowest BCUT2D eigenvalue weighted by molar-refractivity contribution is -0.116. The van der Waals surface area contributed by atoms with Crippen LogP contribution in [0.2, 0.25) is 0 Å². The average Bonchev–Trinajstić information content (AvgIpc) is 2.90. The van der Waals surface area contributed by atoms with Crippen LogP contribution in [0.1, 0.15) is 63.5 Å². The number of nitrogens with zero attached hydrogens (tertiary/aromatic N) is 2. The fraction of sp³-hybridized carbons (Fsp3) is 0.647. The van der Waals surface area contributed by atoms with Crippen molar-refractivity contribution in [3.05, 3.63) is 24.0 Å². The number of carbonyl (C=O) groups is 1. The molecule has 0 aromatic carbocycles. The Balaban J connectivity index is 1.87. The largest absolute Gasteiger partial charge is 0.325 e. The van der Waals surface area contributed by atoms with Crippen LogP contribution in [0.4, 0.5) is 5.69 Å². The molecule has 1 fully saturated rings. The summed E-state index contributed by atoms with van der Waals surface area (Å²) in [5.41, 5.74) is 2.03. The van der Waals surface area contributed by atoms with E-state index in [0.717, 1.165) is 25.1 Å². The molecule has 1 aliphatic heterocycles. The van der Waals surface area contributed by atoms with E-state index in [4.69, 9.17) is 0 Å². The highest BCUT2D eigenvalue weighted by atomic mass is 16.1. The maximum atomic E-state index is 11.9. The monoisotopic (exact) mass is 289 g/mol. The number of pyridine rings is 1. The summed E-state index contributed by atoms with van der Waals surface area (Å²) in [7, 11) is 2.15. The smallest absolute Gasteiger partial charge is 0.224 e. The van der Waals surface area contributed by atoms with Gasteiger partial charge in [-0.1, -0.05) is 26.2 Å². The van der Waals surface area contributed by atoms with Crippen LogP contribution in [0, 0.1) is 0 Å². The van der Waals surface area contributed by atoms with Crippen molar-refractivity contribution in [2.75, 3.05) is 18.9 Å². The molecule has 1 amide bonds. The van der Waals surface area contributed by atoms with Crippen molar-refractivity contribution in [2.45, 2.75) is 57.9 Å². The summed E-state index contributed by atoms with van der Waals surface area (Å²) in [6.07, 6.45) is 11.2. The van der Waals surface area contributed by atoms with Crippen LogP contribution in [0.25, 0.3) is 0 Å². The zero-order valence-electron chi connectivity index (χ0n) is 13.3. The molecule has 1 aliphatic rings. The van der Waals surface area contributed by atoms with Crippen LogP contribution in [0.15, 0.2) is 18.5 Å². The van der Waals surface area contributed by atoms with Gasteiger partial charge < -0.3 is 5.32 Å². The highest BCUT2D eigenvalue weighted by Crippen LogP contribution is 2.30. The number of rotatable bonds is 7. The lowest BCUT2D eigenvalue weighted by Gasteiger charge is -2.19. The summed E-state index contributed by atoms with van der Waals surface area (Å²) in [6, 6.07) is 2.52. The first-order valence-corrected chi connectivity index (χ1v) is 8.15. The molecule has 1 atom stereocenters. The van der Waals surface area contributed by atoms with Crippen molar-refractivity contribution in [3.8, 4) is 0 Å². The SMILES string of the molecule is CCCCCCC(=O)Nc1cncc(C2CCCN2C)c1. The van der Waals surface area contributed by atoms with Gasteiger partial charge in [0.05, 0.1) is 11.9 Å². The van der Waals surface area contributed by atoms with E-state index in [1.807, 2.05) is 6.20 Å². The number of nitrogens with one attached hydrogen (secondary N) is 1. The van der Waals surface area contributed by atoms with E-state index in [1.54, 1.807) is 6.20 Å². The summed E-state index contributed by atoms with van der Waals surface area (Å²) in [6.45, 7) is 3.32. The second-order valence-electron chi connectivity index (χ2n) is 6.00. The Labute approximate surface area is 127 Å². The summed E-state index contributed by atoms with van der Waals surface area (Å²) >= 11 is 0. The van der Waals surface area contributed by atoms with Crippen LogP contribution >= 0.6 is 0 Å². The molecule has 0 bridgehead atoms. The highest BCUT2D eigenvalue weighted by Gasteiger charge is 2.22. The molecule has 21 heavy (non-hydrogen) atoms. The lowest BCUT2D eigenvalue weighted by Crippen LogP contribution is -2.18. The molecule has 1 aromatic heterocycles. The van der Waals surface area contributed by atoms with Crippen molar-refractivity contribution >= 4 is 11.6 Å². The van der Waals surface area contributed by atoms with Gasteiger partial charge in [0.15, 0.2) is 0 Å². The van der Waals surface area contributed by atoms with Crippen molar-refractivity contribution in [1.29, 1.82) is 0 Å². The van der Waals surface area contributed by atoms with Gasteiger partial charge in [-0.3, -0.25) is 14.7 Å². The van der Waals surface area contributed by atoms with E-state index in [2.05, 4.69) is 35.2 Å². The molecule has 116 valence electrons. The van der Waals surface area contributed by atoms with Crippen LogP contribution in [-0.2, 0) is 4.79 Å². The number of unbranched alkanes of at least 4 members (excludes halogenated alkanes) is 3. The minimum atomic E-state index is 0.102. The van der Waals surface area contributed by atoms with Gasteiger partial charge in [-0.05, 0) is 44.5 Å². The maximum absolute atomic E-state index is 11.9. The van der Waals surface area contributed by atoms with Gasteiger partial charge in [-0.25, -0.2) is 0 Å². The lowest BCUT2D eigenvalue weighted by atomic mass is 10.1. The van der Waals surface area contributed by atoms with Crippen molar-refractivity contribution in [2.24, 2.45) is 0 Å². The summed E-state index contributed by atoms with van der Waals surface area (Å²) < 4.78 is 0. The fourth-order valence-electron chi connectivity index (χ4n) is 2.98. The van der Waals surface area contributed by atoms with Gasteiger partial charge >= 0.3 is 0 Å². The molecule has 1 aromatic rings. The van der Waals surface area contributed by atoms with E-state index >= 15 is 0 Å². The van der Waals surface area contributed by atoms with Gasteiger partial charge in [0.1, 0.15) is 0 Å². The number of likely N-dealkylation sites (tertiary alicyclic amines) is 1. The molecular formula is C17H27N3O. The van der Waals surface area contributed by atoms with Gasteiger partial charge in [0.2, 0.25) is 5.91 Å². The van der Waals surface area contributed by atoms with E-state index in [-0.39, 0.29) is 5.91 Å². The quantitative estimate of drug-likeness (QED) is 0.777. The van der Waals surface area contributed by atoms with E-state index < -0.39 is 0 Å². The molecule has 1 N–H and O–H groups in total. The van der Waals surface area contributed by atoms with E-state index in [9.17, 15) is 4.79 Å². The molecule has 0 spiro atoms. The molecule has 0 aliphatic carbocycles. The first-order valence-electron chi connectivity index (χ1n) is 8.15. The molecule has 4 heteroatoms. The van der Waals surface area contributed by atoms with Gasteiger partial charge in [-0.15, -0.1) is 0 Å². The van der Waals surface area contributed by atoms with Crippen molar-refractivity contribution in [3.63, 3.8) is 0 Å². The zero-order chi connectivity index (χ0) is 15.1. The van der Waals surface area contributed by atoms with Crippen molar-refractivity contribution < 1.29 is 4.79 Å². The molecule has 1 unspecified atom stereocenters. The Morgan fingerprint density at radius 1 is 1.38 bits per heavy atom. The zero-order valence-corrected chi connectivity index (χ0v) is 13.3. The summed E-state index contributed by atoms with van der Waals surface area (Å²) in [5.74, 6) is 0.102. The van der Waals surface area contributed by atoms with Gasteiger partial charge in [0.25, 0.3) is 0 Å². The Morgan fingerprint density at radius 2 is 2.24 bits per heavy atom. The third-order valence-electron chi connectivity index (χ3n) is 4.21. The Morgan fingerprint density at radius 3 is 2.95 bits per heavy atom. The standard InChI is InChI=1S/C17H27N3O/c1-3-4-5-6-9-17(21)19-15-11-14(12-18-13-15)16-8-7-10-20(16)2/h11-13,16H,3-10H2,1-2H3,(H,19,21). The van der Waals surface area contributed by atoms with Crippen LogP contribution in [0.5, 0.6) is 0 Å². The second kappa shape index (κ2) is 8.13. The predicted molar refractivity (Wildman–Crippen MR) is 86.2 cm³/mol. The molecule has 4 nitrogen and oxygen atoms in total. The maximum Gasteiger partial charge on any atom is 0.224 e. The number of aromatic nitrogens is 1. The fourth-order valence-corrected chi connectivity index (χ4v) is 2.98. The van der Waals surface area contributed by atoms with Crippen LogP contribution in [0.3, 0.4) is 0 Å². The molecular weight excluding hydrogens is 262 g/mol. The minimum Gasteiger partial charge on any atom is -0.325 e. The first kappa shape index (κ1) is 16.0. The number of hydrogen-bond donors (Lipinski definition) is 1. The number of anilines is 1. The molecule has 2 rings (SSSR count). The molecule has 0 radical (unpaired) electrons. The topological polar surface area (TPSA) is 45.2 Å². The van der Waals surface area contributed by atoms with Crippen LogP contribution in [-0.4, -0.2) is 29.4 Å². The summed E-state index contributed by atoms with van der Waals surface area (Å²) in [4.78, 5) is 18.6. The Kier molecular flexibility index (Phi) is 6.18. The molecule has 0 saturated carbocycles. The molecule has 1 saturated heterocycles. The van der Waals surface area contributed by atoms with E-state index in [1.165, 1.54) is 31.2 Å². The minimum absolute atomic E-state index is 0.102.